The van der Waals surface area contributed by atoms with Crippen molar-refractivity contribution in [1.29, 1.82) is 0 Å². The second-order valence-electron chi connectivity index (χ2n) is 3.24. The van der Waals surface area contributed by atoms with Crippen molar-refractivity contribution < 1.29 is 14.8 Å². The van der Waals surface area contributed by atoms with Gasteiger partial charge in [-0.25, -0.2) is 0 Å². The normalized spacial score (nSPS) is 12.2. The van der Waals surface area contributed by atoms with Crippen LogP contribution >= 0.6 is 11.6 Å². The monoisotopic (exact) mass is 245 g/mol. The van der Waals surface area contributed by atoms with Gasteiger partial charge in [0.1, 0.15) is 17.4 Å². The van der Waals surface area contributed by atoms with Crippen molar-refractivity contribution in [2.75, 3.05) is 6.61 Å². The molecule has 0 heterocycles. The maximum Gasteiger partial charge on any atom is 0.288 e. The van der Waals surface area contributed by atoms with Crippen LogP contribution < -0.4 is 4.74 Å². The Labute approximate surface area is 97.8 Å². The lowest BCUT2D eigenvalue weighted by Crippen LogP contribution is -2.15. The van der Waals surface area contributed by atoms with Crippen LogP contribution in [0.5, 0.6) is 5.75 Å². The minimum absolute atomic E-state index is 0.0217. The molecule has 1 unspecified atom stereocenters. The van der Waals surface area contributed by atoms with Crippen LogP contribution in [0.2, 0.25) is 5.02 Å². The molecule has 1 N–H and O–H groups in total. The van der Waals surface area contributed by atoms with Gasteiger partial charge in [-0.15, -0.1) is 0 Å². The van der Waals surface area contributed by atoms with Crippen molar-refractivity contribution in [3.05, 3.63) is 33.3 Å². The van der Waals surface area contributed by atoms with Crippen LogP contribution in [0.25, 0.3) is 0 Å². The lowest BCUT2D eigenvalue weighted by atomic mass is 10.3. The van der Waals surface area contributed by atoms with E-state index in [-0.39, 0.29) is 17.3 Å². The molecule has 1 aromatic rings. The predicted molar refractivity (Wildman–Crippen MR) is 59.9 cm³/mol. The van der Waals surface area contributed by atoms with Gasteiger partial charge in [0.25, 0.3) is 5.69 Å². The van der Waals surface area contributed by atoms with Crippen LogP contribution in [0.4, 0.5) is 5.69 Å². The smallest absolute Gasteiger partial charge is 0.288 e. The molecule has 5 nitrogen and oxygen atoms in total. The molecule has 16 heavy (non-hydrogen) atoms. The Kier molecular flexibility index (Phi) is 4.52. The van der Waals surface area contributed by atoms with Gasteiger partial charge in [0.2, 0.25) is 0 Å². The molecule has 88 valence electrons. The predicted octanol–water partition coefficient (Wildman–Crippen LogP) is 2.40. The van der Waals surface area contributed by atoms with Gasteiger partial charge in [-0.2, -0.15) is 0 Å². The van der Waals surface area contributed by atoms with E-state index >= 15 is 0 Å². The third-order valence-electron chi connectivity index (χ3n) is 2.03. The fourth-order valence-electron chi connectivity index (χ4n) is 1.04. The van der Waals surface area contributed by atoms with Gasteiger partial charge in [0, 0.05) is 12.1 Å². The highest BCUT2D eigenvalue weighted by Crippen LogP contribution is 2.28. The lowest BCUT2D eigenvalue weighted by molar-refractivity contribution is -0.384. The summed E-state index contributed by atoms with van der Waals surface area (Å²) in [5.41, 5.74) is -0.162. The van der Waals surface area contributed by atoms with Gasteiger partial charge < -0.3 is 9.84 Å². The highest BCUT2D eigenvalue weighted by molar-refractivity contribution is 6.32. The first-order valence-corrected chi connectivity index (χ1v) is 5.17. The molecule has 1 atom stereocenters. The van der Waals surface area contributed by atoms with Crippen LogP contribution in [-0.4, -0.2) is 22.7 Å². The molecular weight excluding hydrogens is 234 g/mol. The highest BCUT2D eigenvalue weighted by Gasteiger charge is 2.12. The molecule has 0 spiro atoms. The van der Waals surface area contributed by atoms with E-state index in [1.165, 1.54) is 18.2 Å². The first kappa shape index (κ1) is 12.7. The Morgan fingerprint density at radius 1 is 1.62 bits per heavy atom. The Hall–Kier alpha value is -1.33. The number of aliphatic hydroxyl groups is 1. The zero-order chi connectivity index (χ0) is 12.1. The number of nitrogens with zero attached hydrogens (tertiary/aromatic N) is 1. The van der Waals surface area contributed by atoms with Crippen LogP contribution in [0.15, 0.2) is 18.2 Å². The number of benzene rings is 1. The minimum atomic E-state index is -0.562. The van der Waals surface area contributed by atoms with Crippen molar-refractivity contribution >= 4 is 17.3 Å². The van der Waals surface area contributed by atoms with E-state index in [1.54, 1.807) is 0 Å². The topological polar surface area (TPSA) is 72.6 Å². The Bertz CT molecular complexity index is 383. The SMILES string of the molecule is CCC(O)COc1ccc([N+](=O)[O-])c(Cl)c1. The molecule has 0 aliphatic carbocycles. The quantitative estimate of drug-likeness (QED) is 0.639. The lowest BCUT2D eigenvalue weighted by Gasteiger charge is -2.10. The van der Waals surface area contributed by atoms with Crippen molar-refractivity contribution in [3.8, 4) is 5.75 Å². The average Bonchev–Trinajstić information content (AvgIpc) is 2.25. The van der Waals surface area contributed by atoms with Gasteiger partial charge in [0.05, 0.1) is 11.0 Å². The number of ether oxygens (including phenoxy) is 1. The summed E-state index contributed by atoms with van der Waals surface area (Å²) in [5.74, 6) is 0.406. The summed E-state index contributed by atoms with van der Waals surface area (Å²) in [6, 6.07) is 4.09. The average molecular weight is 246 g/mol. The number of rotatable bonds is 5. The summed E-state index contributed by atoms with van der Waals surface area (Å²) in [6.45, 7) is 1.97. The maximum absolute atomic E-state index is 10.5. The van der Waals surface area contributed by atoms with Gasteiger partial charge in [0.15, 0.2) is 0 Å². The van der Waals surface area contributed by atoms with Gasteiger partial charge in [-0.1, -0.05) is 18.5 Å². The molecule has 0 saturated heterocycles. The summed E-state index contributed by atoms with van der Waals surface area (Å²) in [6.07, 6.45) is 0.0368. The Balaban J connectivity index is 2.70. The fraction of sp³-hybridized carbons (Fsp3) is 0.400. The number of hydrogen-bond acceptors (Lipinski definition) is 4. The van der Waals surface area contributed by atoms with E-state index in [0.717, 1.165) is 0 Å². The molecular formula is C10H12ClNO4. The largest absolute Gasteiger partial charge is 0.491 e. The zero-order valence-electron chi connectivity index (χ0n) is 8.72. The van der Waals surface area contributed by atoms with E-state index in [4.69, 9.17) is 16.3 Å². The van der Waals surface area contributed by atoms with E-state index in [1.807, 2.05) is 6.92 Å². The highest BCUT2D eigenvalue weighted by atomic mass is 35.5. The number of nitro benzene ring substituents is 1. The number of aliphatic hydroxyl groups excluding tert-OH is 1. The van der Waals surface area contributed by atoms with Crippen LogP contribution in [0.3, 0.4) is 0 Å². The van der Waals surface area contributed by atoms with Crippen molar-refractivity contribution in [2.24, 2.45) is 0 Å². The molecule has 0 aliphatic rings. The summed E-state index contributed by atoms with van der Waals surface area (Å²) < 4.78 is 5.22. The van der Waals surface area contributed by atoms with Crippen LogP contribution in [0.1, 0.15) is 13.3 Å². The fourth-order valence-corrected chi connectivity index (χ4v) is 1.28. The number of halogens is 1. The maximum atomic E-state index is 10.5. The molecule has 6 heteroatoms. The van der Waals surface area contributed by atoms with E-state index in [2.05, 4.69) is 0 Å². The van der Waals surface area contributed by atoms with Crippen molar-refractivity contribution in [3.63, 3.8) is 0 Å². The molecule has 0 radical (unpaired) electrons. The standard InChI is InChI=1S/C10H12ClNO4/c1-2-7(13)6-16-8-3-4-10(12(14)15)9(11)5-8/h3-5,7,13H,2,6H2,1H3. The van der Waals surface area contributed by atoms with Gasteiger partial charge >= 0.3 is 0 Å². The summed E-state index contributed by atoms with van der Waals surface area (Å²) in [4.78, 5) is 9.92. The Morgan fingerprint density at radius 2 is 2.31 bits per heavy atom. The molecule has 0 aliphatic heterocycles. The third-order valence-corrected chi connectivity index (χ3v) is 2.33. The minimum Gasteiger partial charge on any atom is -0.491 e. The van der Waals surface area contributed by atoms with Crippen molar-refractivity contribution in [2.45, 2.75) is 19.4 Å². The second kappa shape index (κ2) is 5.67. The molecule has 0 fully saturated rings. The summed E-state index contributed by atoms with van der Waals surface area (Å²) >= 11 is 5.69. The summed E-state index contributed by atoms with van der Waals surface area (Å²) in [7, 11) is 0. The number of nitro groups is 1. The summed E-state index contributed by atoms with van der Waals surface area (Å²) in [5, 5.41) is 19.8. The number of hydrogen-bond donors (Lipinski definition) is 1. The first-order chi connectivity index (χ1) is 7.54. The molecule has 1 rings (SSSR count). The first-order valence-electron chi connectivity index (χ1n) is 4.79. The molecule has 0 amide bonds. The van der Waals surface area contributed by atoms with Gasteiger partial charge in [-0.05, 0) is 12.5 Å². The molecule has 0 aromatic heterocycles. The van der Waals surface area contributed by atoms with Crippen molar-refractivity contribution in [1.82, 2.24) is 0 Å². The Morgan fingerprint density at radius 3 is 2.81 bits per heavy atom. The van der Waals surface area contributed by atoms with E-state index in [0.29, 0.717) is 12.2 Å². The van der Waals surface area contributed by atoms with Crippen LogP contribution in [-0.2, 0) is 0 Å². The molecule has 0 bridgehead atoms. The second-order valence-corrected chi connectivity index (χ2v) is 3.65. The van der Waals surface area contributed by atoms with E-state index in [9.17, 15) is 15.2 Å². The zero-order valence-corrected chi connectivity index (χ0v) is 9.48. The molecule has 1 aromatic carbocycles. The van der Waals surface area contributed by atoms with Gasteiger partial charge in [-0.3, -0.25) is 10.1 Å². The van der Waals surface area contributed by atoms with E-state index < -0.39 is 11.0 Å². The third kappa shape index (κ3) is 3.36. The van der Waals surface area contributed by atoms with Crippen LogP contribution in [0, 0.1) is 10.1 Å². The molecule has 0 saturated carbocycles.